The van der Waals surface area contributed by atoms with Gasteiger partial charge in [0.2, 0.25) is 5.82 Å². The zero-order valence-corrected chi connectivity index (χ0v) is 13.4. The van der Waals surface area contributed by atoms with Gasteiger partial charge >= 0.3 is 5.82 Å². The van der Waals surface area contributed by atoms with Crippen molar-refractivity contribution in [3.8, 4) is 0 Å². The molecule has 8 nitrogen and oxygen atoms in total. The van der Waals surface area contributed by atoms with Crippen LogP contribution in [-0.4, -0.2) is 50.0 Å². The fraction of sp³-hybridized carbons (Fsp3) is 0.750. The van der Waals surface area contributed by atoms with Gasteiger partial charge in [0.05, 0.1) is 7.05 Å². The van der Waals surface area contributed by atoms with E-state index in [2.05, 4.69) is 28.2 Å². The molecule has 2 fully saturated rings. The molecule has 0 N–H and O–H groups in total. The van der Waals surface area contributed by atoms with Crippen LogP contribution in [0.4, 0.5) is 5.82 Å². The van der Waals surface area contributed by atoms with E-state index in [1.807, 2.05) is 0 Å². The number of rotatable bonds is 7. The van der Waals surface area contributed by atoms with E-state index in [4.69, 9.17) is 4.52 Å². The molecule has 3 rings (SSSR count). The van der Waals surface area contributed by atoms with Crippen LogP contribution in [0.15, 0.2) is 6.20 Å². The van der Waals surface area contributed by atoms with Crippen molar-refractivity contribution in [2.75, 3.05) is 26.2 Å². The molecule has 0 radical (unpaired) electrons. The normalized spacial score (nSPS) is 20.2. The highest BCUT2D eigenvalue weighted by Gasteiger charge is 2.43. The van der Waals surface area contributed by atoms with Crippen LogP contribution >= 0.6 is 8.45 Å². The van der Waals surface area contributed by atoms with Gasteiger partial charge in [0, 0.05) is 26.2 Å². The smallest absolute Gasteiger partial charge is 0.342 e. The average Bonchev–Trinajstić information content (AvgIpc) is 3.30. The minimum atomic E-state index is -0.727. The average molecular weight is 313 g/mol. The number of hydrogen-bond acceptors (Lipinski definition) is 6. The minimum Gasteiger partial charge on any atom is -0.358 e. The highest BCUT2D eigenvalue weighted by Crippen LogP contribution is 2.56. The first-order chi connectivity index (χ1) is 9.99. The van der Waals surface area contributed by atoms with Crippen molar-refractivity contribution in [2.24, 2.45) is 13.0 Å². The molecule has 0 bridgehead atoms. The van der Waals surface area contributed by atoms with E-state index in [1.54, 1.807) is 7.05 Å². The first-order valence-corrected chi connectivity index (χ1v) is 8.28. The highest BCUT2D eigenvalue weighted by atomic mass is 31.2. The van der Waals surface area contributed by atoms with E-state index in [9.17, 15) is 10.1 Å². The van der Waals surface area contributed by atoms with Crippen molar-refractivity contribution in [1.82, 2.24) is 18.9 Å². The number of nitro groups is 1. The van der Waals surface area contributed by atoms with Crippen LogP contribution in [0, 0.1) is 16.0 Å². The predicted octanol–water partition coefficient (Wildman–Crippen LogP) is 1.90. The van der Waals surface area contributed by atoms with Gasteiger partial charge in [-0.05, 0) is 10.8 Å². The van der Waals surface area contributed by atoms with Crippen molar-refractivity contribution >= 4 is 14.3 Å². The molecule has 1 aromatic heterocycles. The Balaban J connectivity index is 1.82. The molecular weight excluding hydrogens is 293 g/mol. The van der Waals surface area contributed by atoms with E-state index in [0.29, 0.717) is 5.82 Å². The summed E-state index contributed by atoms with van der Waals surface area (Å²) in [6.45, 7) is 8.43. The van der Waals surface area contributed by atoms with Gasteiger partial charge in [0.1, 0.15) is 12.3 Å². The Bertz CT molecular complexity index is 529. The third-order valence-electron chi connectivity index (χ3n) is 3.59. The Labute approximate surface area is 124 Å². The number of nitrogens with zero attached hydrogens (tertiary/aromatic N) is 5. The molecule has 2 aliphatic heterocycles. The SMILES string of the molecule is CC(C)C(OP(N1CC1)N1CC1)c1ncc([N+](=O)[O-])n1C. The van der Waals surface area contributed by atoms with Crippen LogP contribution in [0.3, 0.4) is 0 Å². The second-order valence-corrected chi connectivity index (χ2v) is 7.57. The van der Waals surface area contributed by atoms with Crippen LogP contribution in [-0.2, 0) is 11.6 Å². The Morgan fingerprint density at radius 3 is 2.29 bits per heavy atom. The van der Waals surface area contributed by atoms with Gasteiger partial charge in [-0.15, -0.1) is 0 Å². The molecule has 1 atom stereocenters. The molecule has 2 aliphatic rings. The number of imidazole rings is 1. The summed E-state index contributed by atoms with van der Waals surface area (Å²) in [4.78, 5) is 14.8. The Morgan fingerprint density at radius 1 is 1.33 bits per heavy atom. The number of hydrogen-bond donors (Lipinski definition) is 0. The second-order valence-electron chi connectivity index (χ2n) is 5.72. The van der Waals surface area contributed by atoms with Crippen LogP contribution in [0.25, 0.3) is 0 Å². The van der Waals surface area contributed by atoms with Gasteiger partial charge in [0.15, 0.2) is 8.45 Å². The van der Waals surface area contributed by atoms with E-state index in [-0.39, 0.29) is 17.8 Å². The fourth-order valence-electron chi connectivity index (χ4n) is 2.16. The lowest BCUT2D eigenvalue weighted by atomic mass is 10.1. The van der Waals surface area contributed by atoms with Crippen molar-refractivity contribution in [3.63, 3.8) is 0 Å². The largest absolute Gasteiger partial charge is 0.358 e. The van der Waals surface area contributed by atoms with E-state index in [1.165, 1.54) is 10.8 Å². The fourth-order valence-corrected chi connectivity index (χ4v) is 4.19. The Morgan fingerprint density at radius 2 is 1.90 bits per heavy atom. The van der Waals surface area contributed by atoms with Gasteiger partial charge in [-0.25, -0.2) is 18.9 Å². The molecule has 1 aromatic rings. The maximum Gasteiger partial charge on any atom is 0.342 e. The van der Waals surface area contributed by atoms with E-state index >= 15 is 0 Å². The van der Waals surface area contributed by atoms with Gasteiger partial charge in [0.25, 0.3) is 0 Å². The Kier molecular flexibility index (Phi) is 3.96. The molecule has 0 saturated carbocycles. The molecule has 3 heterocycles. The van der Waals surface area contributed by atoms with Crippen molar-refractivity contribution < 1.29 is 9.45 Å². The summed E-state index contributed by atoms with van der Waals surface area (Å²) >= 11 is 0. The number of aromatic nitrogens is 2. The van der Waals surface area contributed by atoms with Gasteiger partial charge in [-0.3, -0.25) is 0 Å². The zero-order chi connectivity index (χ0) is 15.1. The Hall–Kier alpha value is -1.08. The summed E-state index contributed by atoms with van der Waals surface area (Å²) in [5, 5.41) is 11.0. The molecule has 21 heavy (non-hydrogen) atoms. The van der Waals surface area contributed by atoms with Crippen molar-refractivity contribution in [3.05, 3.63) is 22.1 Å². The lowest BCUT2D eigenvalue weighted by Crippen LogP contribution is -2.17. The van der Waals surface area contributed by atoms with E-state index in [0.717, 1.165) is 26.2 Å². The first-order valence-electron chi connectivity index (χ1n) is 7.11. The lowest BCUT2D eigenvalue weighted by molar-refractivity contribution is -0.391. The summed E-state index contributed by atoms with van der Waals surface area (Å²) in [6, 6.07) is 0. The second kappa shape index (κ2) is 5.61. The zero-order valence-electron chi connectivity index (χ0n) is 12.5. The third kappa shape index (κ3) is 3.08. The highest BCUT2D eigenvalue weighted by molar-refractivity contribution is 7.48. The topological polar surface area (TPSA) is 76.2 Å². The monoisotopic (exact) mass is 313 g/mol. The summed E-state index contributed by atoms with van der Waals surface area (Å²) in [5.41, 5.74) is 0. The van der Waals surface area contributed by atoms with Crippen LogP contribution in [0.5, 0.6) is 0 Å². The molecule has 2 saturated heterocycles. The van der Waals surface area contributed by atoms with Crippen molar-refractivity contribution in [2.45, 2.75) is 20.0 Å². The summed E-state index contributed by atoms with van der Waals surface area (Å²) in [5.74, 6) is 0.838. The maximum atomic E-state index is 11.0. The maximum absolute atomic E-state index is 11.0. The molecule has 1 unspecified atom stereocenters. The quantitative estimate of drug-likeness (QED) is 0.331. The third-order valence-corrected chi connectivity index (χ3v) is 5.77. The molecule has 0 amide bonds. The standard InChI is InChI=1S/C12H20N5O3P/c1-9(2)11(12-13-8-10(14(12)3)17(18)19)20-21(15-4-5-15)16-6-7-16/h8-9,11H,4-7H2,1-3H3. The first kappa shape index (κ1) is 14.8. The molecule has 9 heteroatoms. The molecule has 0 spiro atoms. The van der Waals surface area contributed by atoms with Gasteiger partial charge < -0.3 is 14.6 Å². The van der Waals surface area contributed by atoms with Crippen LogP contribution in [0.1, 0.15) is 25.8 Å². The molecule has 0 aromatic carbocycles. The van der Waals surface area contributed by atoms with Gasteiger partial charge in [-0.1, -0.05) is 13.8 Å². The minimum absolute atomic E-state index is 0.00188. The predicted molar refractivity (Wildman–Crippen MR) is 78.6 cm³/mol. The molecular formula is C12H20N5O3P. The van der Waals surface area contributed by atoms with Crippen LogP contribution in [0.2, 0.25) is 0 Å². The summed E-state index contributed by atoms with van der Waals surface area (Å²) in [7, 11) is 0.950. The van der Waals surface area contributed by atoms with E-state index < -0.39 is 13.4 Å². The lowest BCUT2D eigenvalue weighted by Gasteiger charge is -2.26. The van der Waals surface area contributed by atoms with Crippen molar-refractivity contribution in [1.29, 1.82) is 0 Å². The van der Waals surface area contributed by atoms with Gasteiger partial charge in [-0.2, -0.15) is 0 Å². The molecule has 116 valence electrons. The van der Waals surface area contributed by atoms with Crippen LogP contribution < -0.4 is 0 Å². The summed E-state index contributed by atoms with van der Waals surface area (Å²) in [6.07, 6.45) is 1.08. The summed E-state index contributed by atoms with van der Waals surface area (Å²) < 4.78 is 12.5. The molecule has 0 aliphatic carbocycles.